The molecule has 1 atom stereocenters. The van der Waals surface area contributed by atoms with E-state index in [2.05, 4.69) is 5.32 Å². The number of amides is 2. The molecule has 1 aromatic rings. The van der Waals surface area contributed by atoms with E-state index in [1.54, 1.807) is 13.8 Å². The smallest absolute Gasteiger partial charge is 0.410 e. The predicted molar refractivity (Wildman–Crippen MR) is 83.7 cm³/mol. The van der Waals surface area contributed by atoms with E-state index in [1.807, 2.05) is 30.3 Å². The van der Waals surface area contributed by atoms with Crippen LogP contribution < -0.4 is 5.32 Å². The van der Waals surface area contributed by atoms with Crippen molar-refractivity contribution in [1.82, 2.24) is 10.2 Å². The topological polar surface area (TPSA) is 95.9 Å². The lowest BCUT2D eigenvalue weighted by Gasteiger charge is -2.21. The molecule has 1 rings (SSSR count). The average molecular weight is 322 g/mol. The summed E-state index contributed by atoms with van der Waals surface area (Å²) >= 11 is 0. The lowest BCUT2D eigenvalue weighted by atomic mass is 10.1. The van der Waals surface area contributed by atoms with Crippen molar-refractivity contribution in [3.63, 3.8) is 0 Å². The number of nitrogens with one attached hydrogen (secondary N) is 1. The second-order valence-corrected chi connectivity index (χ2v) is 5.52. The van der Waals surface area contributed by atoms with Gasteiger partial charge >= 0.3 is 12.1 Å². The van der Waals surface area contributed by atoms with Crippen molar-refractivity contribution >= 4 is 18.0 Å². The summed E-state index contributed by atoms with van der Waals surface area (Å²) in [6.45, 7) is 3.22. The van der Waals surface area contributed by atoms with E-state index in [0.29, 0.717) is 0 Å². The minimum atomic E-state index is -1.11. The summed E-state index contributed by atoms with van der Waals surface area (Å²) in [4.78, 5) is 35.8. The lowest BCUT2D eigenvalue weighted by molar-refractivity contribution is -0.143. The van der Waals surface area contributed by atoms with E-state index in [0.717, 1.165) is 10.5 Å². The molecule has 0 fully saturated rings. The Morgan fingerprint density at radius 3 is 2.35 bits per heavy atom. The van der Waals surface area contributed by atoms with Crippen LogP contribution in [0.1, 0.15) is 19.4 Å². The summed E-state index contributed by atoms with van der Waals surface area (Å²) < 4.78 is 5.08. The Hall–Kier alpha value is -2.57. The van der Waals surface area contributed by atoms with E-state index in [-0.39, 0.29) is 19.1 Å². The van der Waals surface area contributed by atoms with Gasteiger partial charge in [-0.15, -0.1) is 0 Å². The highest BCUT2D eigenvalue weighted by molar-refractivity contribution is 5.86. The molecule has 0 aliphatic rings. The highest BCUT2D eigenvalue weighted by Crippen LogP contribution is 2.04. The zero-order chi connectivity index (χ0) is 17.4. The number of benzene rings is 1. The minimum Gasteiger partial charge on any atom is -0.480 e. The third-order valence-electron chi connectivity index (χ3n) is 3.15. The zero-order valence-electron chi connectivity index (χ0n) is 13.5. The maximum absolute atomic E-state index is 11.8. The van der Waals surface area contributed by atoms with Crippen LogP contribution in [0.4, 0.5) is 4.79 Å². The molecule has 0 saturated carbocycles. The number of hydrogen-bond donors (Lipinski definition) is 2. The minimum absolute atomic E-state index is 0.107. The molecule has 1 aromatic carbocycles. The van der Waals surface area contributed by atoms with Crippen molar-refractivity contribution in [1.29, 1.82) is 0 Å². The van der Waals surface area contributed by atoms with Crippen LogP contribution >= 0.6 is 0 Å². The first-order chi connectivity index (χ1) is 10.8. The number of carbonyl (C=O) groups is 3. The molecule has 2 amide bonds. The van der Waals surface area contributed by atoms with Crippen LogP contribution in [0, 0.1) is 5.92 Å². The molecule has 0 radical (unpaired) electrons. The second kappa shape index (κ2) is 8.77. The summed E-state index contributed by atoms with van der Waals surface area (Å²) in [6, 6.07) is 8.17. The van der Waals surface area contributed by atoms with Crippen LogP contribution in [-0.2, 0) is 20.9 Å². The first kappa shape index (κ1) is 18.5. The summed E-state index contributed by atoms with van der Waals surface area (Å²) in [5.74, 6) is -1.92. The highest BCUT2D eigenvalue weighted by atomic mass is 16.6. The van der Waals surface area contributed by atoms with Gasteiger partial charge in [0.1, 0.15) is 19.2 Å². The number of carboxylic acid groups (broad SMARTS) is 1. The Morgan fingerprint density at radius 1 is 1.22 bits per heavy atom. The van der Waals surface area contributed by atoms with Gasteiger partial charge in [0.15, 0.2) is 0 Å². The first-order valence-corrected chi connectivity index (χ1v) is 7.25. The van der Waals surface area contributed by atoms with Crippen LogP contribution in [0.5, 0.6) is 0 Å². The number of rotatable bonds is 7. The predicted octanol–water partition coefficient (Wildman–Crippen LogP) is 1.48. The standard InChI is InChI=1S/C16H22N2O5/c1-11(2)14(15(20)21)17-13(19)9-18(3)16(22)23-10-12-7-5-4-6-8-12/h4-8,11,14H,9-10H2,1-3H3,(H,17,19)(H,20,21)/t14-/m0/s1. The van der Waals surface area contributed by atoms with E-state index in [9.17, 15) is 14.4 Å². The van der Waals surface area contributed by atoms with E-state index in [4.69, 9.17) is 9.84 Å². The van der Waals surface area contributed by atoms with Crippen LogP contribution in [0.15, 0.2) is 30.3 Å². The Balaban J connectivity index is 2.44. The maximum atomic E-state index is 11.8. The molecule has 0 bridgehead atoms. The molecule has 23 heavy (non-hydrogen) atoms. The van der Waals surface area contributed by atoms with Gasteiger partial charge in [0, 0.05) is 7.05 Å². The monoisotopic (exact) mass is 322 g/mol. The molecular formula is C16H22N2O5. The summed E-state index contributed by atoms with van der Waals surface area (Å²) in [7, 11) is 1.41. The number of likely N-dealkylation sites (N-methyl/N-ethyl adjacent to an activating group) is 1. The molecule has 0 unspecified atom stereocenters. The Morgan fingerprint density at radius 2 is 1.83 bits per heavy atom. The third-order valence-corrected chi connectivity index (χ3v) is 3.15. The van der Waals surface area contributed by atoms with E-state index >= 15 is 0 Å². The Labute approximate surface area is 135 Å². The quantitative estimate of drug-likeness (QED) is 0.793. The third kappa shape index (κ3) is 6.37. The van der Waals surface area contributed by atoms with Gasteiger partial charge in [0.2, 0.25) is 5.91 Å². The lowest BCUT2D eigenvalue weighted by Crippen LogP contribution is -2.48. The largest absolute Gasteiger partial charge is 0.480 e. The fourth-order valence-corrected chi connectivity index (χ4v) is 1.84. The van der Waals surface area contributed by atoms with Crippen LogP contribution in [-0.4, -0.2) is 47.6 Å². The first-order valence-electron chi connectivity index (χ1n) is 7.25. The van der Waals surface area contributed by atoms with Gasteiger partial charge in [-0.25, -0.2) is 9.59 Å². The molecule has 0 heterocycles. The van der Waals surface area contributed by atoms with Crippen LogP contribution in [0.25, 0.3) is 0 Å². The van der Waals surface area contributed by atoms with Gasteiger partial charge in [-0.3, -0.25) is 4.79 Å². The van der Waals surface area contributed by atoms with Crippen LogP contribution in [0.2, 0.25) is 0 Å². The Bertz CT molecular complexity index is 545. The van der Waals surface area contributed by atoms with Crippen molar-refractivity contribution in [2.75, 3.05) is 13.6 Å². The Kier molecular flexibility index (Phi) is 7.05. The number of aliphatic carboxylic acids is 1. The molecule has 0 aliphatic heterocycles. The van der Waals surface area contributed by atoms with Gasteiger partial charge in [-0.05, 0) is 11.5 Å². The van der Waals surface area contributed by atoms with Gasteiger partial charge in [-0.1, -0.05) is 44.2 Å². The van der Waals surface area contributed by atoms with E-state index in [1.165, 1.54) is 7.05 Å². The second-order valence-electron chi connectivity index (χ2n) is 5.52. The SMILES string of the molecule is CC(C)[C@H](NC(=O)CN(C)C(=O)OCc1ccccc1)C(=O)O. The van der Waals surface area contributed by atoms with Gasteiger partial charge < -0.3 is 20.1 Å². The number of hydrogen-bond acceptors (Lipinski definition) is 4. The highest BCUT2D eigenvalue weighted by Gasteiger charge is 2.24. The molecule has 0 aromatic heterocycles. The van der Waals surface area contributed by atoms with E-state index < -0.39 is 24.0 Å². The molecule has 2 N–H and O–H groups in total. The molecule has 7 heteroatoms. The van der Waals surface area contributed by atoms with Crippen molar-refractivity contribution < 1.29 is 24.2 Å². The molecule has 0 saturated heterocycles. The molecule has 0 aliphatic carbocycles. The average Bonchev–Trinajstić information content (AvgIpc) is 2.50. The molecule has 126 valence electrons. The van der Waals surface area contributed by atoms with Crippen LogP contribution in [0.3, 0.4) is 0 Å². The maximum Gasteiger partial charge on any atom is 0.410 e. The fourth-order valence-electron chi connectivity index (χ4n) is 1.84. The summed E-state index contributed by atoms with van der Waals surface area (Å²) in [5, 5.41) is 11.4. The van der Waals surface area contributed by atoms with Gasteiger partial charge in [0.25, 0.3) is 0 Å². The van der Waals surface area contributed by atoms with Crippen molar-refractivity contribution in [3.8, 4) is 0 Å². The number of ether oxygens (including phenoxy) is 1. The zero-order valence-corrected chi connectivity index (χ0v) is 13.5. The number of carboxylic acids is 1. The molecule has 7 nitrogen and oxygen atoms in total. The fraction of sp³-hybridized carbons (Fsp3) is 0.438. The van der Waals surface area contributed by atoms with Crippen molar-refractivity contribution in [3.05, 3.63) is 35.9 Å². The summed E-state index contributed by atoms with van der Waals surface area (Å²) in [5.41, 5.74) is 0.837. The normalized spacial score (nSPS) is 11.7. The molecule has 0 spiro atoms. The van der Waals surface area contributed by atoms with Gasteiger partial charge in [0.05, 0.1) is 0 Å². The number of carbonyl (C=O) groups excluding carboxylic acids is 2. The summed E-state index contributed by atoms with van der Waals surface area (Å²) in [6.07, 6.45) is -0.652. The molecular weight excluding hydrogens is 300 g/mol. The van der Waals surface area contributed by atoms with Gasteiger partial charge in [-0.2, -0.15) is 0 Å². The van der Waals surface area contributed by atoms with Crippen molar-refractivity contribution in [2.45, 2.75) is 26.5 Å². The van der Waals surface area contributed by atoms with Crippen molar-refractivity contribution in [2.24, 2.45) is 5.92 Å². The number of nitrogens with zero attached hydrogens (tertiary/aromatic N) is 1.